The first-order valence-electron chi connectivity index (χ1n) is 8.06. The van der Waals surface area contributed by atoms with Crippen molar-refractivity contribution in [2.45, 2.75) is 57.6 Å². The fraction of sp³-hybridized carbons (Fsp3) is 0.647. The lowest BCUT2D eigenvalue weighted by atomic mass is 10.0. The number of rotatable bonds is 4. The zero-order chi connectivity index (χ0) is 17.4. The molecule has 2 N–H and O–H groups in total. The summed E-state index contributed by atoms with van der Waals surface area (Å²) in [5, 5.41) is 0. The largest absolute Gasteiger partial charge is 0.381 e. The molecule has 7 heteroatoms. The Morgan fingerprint density at radius 2 is 1.75 bits per heavy atom. The molecule has 1 heterocycles. The number of benzene rings is 1. The van der Waals surface area contributed by atoms with Crippen molar-refractivity contribution in [3.05, 3.63) is 28.3 Å². The van der Waals surface area contributed by atoms with Crippen LogP contribution in [0.3, 0.4) is 0 Å². The fourth-order valence-corrected chi connectivity index (χ4v) is 5.66. The summed E-state index contributed by atoms with van der Waals surface area (Å²) in [6, 6.07) is 1.83. The van der Waals surface area contributed by atoms with Gasteiger partial charge in [-0.1, -0.05) is 6.07 Å². The van der Waals surface area contributed by atoms with Crippen molar-refractivity contribution in [2.24, 2.45) is 5.73 Å². The van der Waals surface area contributed by atoms with Crippen LogP contribution in [0.2, 0.25) is 0 Å². The van der Waals surface area contributed by atoms with Crippen LogP contribution in [0.4, 0.5) is 0 Å². The standard InChI is InChI=1S/C17H28N2O3S.ClH/c1-11-8-12(2)14(4)17(13(11)3)23(20,21)19-7-6-16(22-5)9-15(19)10-18;/h8,15-16H,6-7,9-10,18H2,1-5H3;1H. The molecule has 138 valence electrons. The van der Waals surface area contributed by atoms with Crippen molar-refractivity contribution in [2.75, 3.05) is 20.2 Å². The maximum Gasteiger partial charge on any atom is 0.243 e. The third-order valence-corrected chi connectivity index (χ3v) is 7.31. The van der Waals surface area contributed by atoms with Gasteiger partial charge in [0.05, 0.1) is 11.0 Å². The Kier molecular flexibility index (Phi) is 7.26. The zero-order valence-electron chi connectivity index (χ0n) is 15.1. The van der Waals surface area contributed by atoms with Crippen LogP contribution in [-0.2, 0) is 14.8 Å². The summed E-state index contributed by atoms with van der Waals surface area (Å²) in [6.45, 7) is 8.44. The molecule has 5 nitrogen and oxygen atoms in total. The van der Waals surface area contributed by atoms with Crippen molar-refractivity contribution in [1.82, 2.24) is 4.31 Å². The van der Waals surface area contributed by atoms with E-state index in [-0.39, 0.29) is 24.6 Å². The van der Waals surface area contributed by atoms with Gasteiger partial charge in [0.1, 0.15) is 0 Å². The molecule has 0 spiro atoms. The molecule has 0 aromatic heterocycles. The number of ether oxygens (including phenoxy) is 1. The van der Waals surface area contributed by atoms with Crippen LogP contribution in [-0.4, -0.2) is 45.1 Å². The van der Waals surface area contributed by atoms with Crippen molar-refractivity contribution in [3.8, 4) is 0 Å². The second-order valence-electron chi connectivity index (χ2n) is 6.48. The molecule has 1 saturated heterocycles. The number of methoxy groups -OCH3 is 1. The molecule has 2 rings (SSSR count). The number of hydrogen-bond donors (Lipinski definition) is 1. The first-order valence-corrected chi connectivity index (χ1v) is 9.50. The molecule has 24 heavy (non-hydrogen) atoms. The van der Waals surface area contributed by atoms with Crippen molar-refractivity contribution < 1.29 is 13.2 Å². The van der Waals surface area contributed by atoms with E-state index >= 15 is 0 Å². The van der Waals surface area contributed by atoms with E-state index in [4.69, 9.17) is 10.5 Å². The highest BCUT2D eigenvalue weighted by Gasteiger charge is 2.38. The van der Waals surface area contributed by atoms with E-state index in [1.807, 2.05) is 33.8 Å². The SMILES string of the molecule is COC1CCN(S(=O)(=O)c2c(C)c(C)cc(C)c2C)C(CN)C1.Cl. The molecule has 0 bridgehead atoms. The van der Waals surface area contributed by atoms with Crippen LogP contribution in [0, 0.1) is 27.7 Å². The average molecular weight is 377 g/mol. The van der Waals surface area contributed by atoms with Crippen LogP contribution in [0.15, 0.2) is 11.0 Å². The van der Waals surface area contributed by atoms with Crippen LogP contribution < -0.4 is 5.73 Å². The highest BCUT2D eigenvalue weighted by atomic mass is 35.5. The second kappa shape index (κ2) is 8.15. The smallest absolute Gasteiger partial charge is 0.243 e. The molecule has 0 amide bonds. The van der Waals surface area contributed by atoms with E-state index in [2.05, 4.69) is 0 Å². The first-order chi connectivity index (χ1) is 10.7. The van der Waals surface area contributed by atoms with Crippen LogP contribution >= 0.6 is 12.4 Å². The maximum absolute atomic E-state index is 13.3. The topological polar surface area (TPSA) is 72.6 Å². The average Bonchev–Trinajstić information content (AvgIpc) is 2.52. The van der Waals surface area contributed by atoms with Gasteiger partial charge in [-0.25, -0.2) is 8.42 Å². The highest BCUT2D eigenvalue weighted by molar-refractivity contribution is 7.89. The predicted octanol–water partition coefficient (Wildman–Crippen LogP) is 2.47. The summed E-state index contributed by atoms with van der Waals surface area (Å²) >= 11 is 0. The quantitative estimate of drug-likeness (QED) is 0.876. The van der Waals surface area contributed by atoms with E-state index in [9.17, 15) is 8.42 Å². The first kappa shape index (κ1) is 21.4. The normalized spacial score (nSPS) is 22.2. The van der Waals surface area contributed by atoms with Gasteiger partial charge < -0.3 is 10.5 Å². The van der Waals surface area contributed by atoms with Gasteiger partial charge in [-0.3, -0.25) is 0 Å². The molecule has 0 radical (unpaired) electrons. The Morgan fingerprint density at radius 3 is 2.21 bits per heavy atom. The molecule has 0 saturated carbocycles. The van der Waals surface area contributed by atoms with E-state index in [1.165, 1.54) is 0 Å². The monoisotopic (exact) mass is 376 g/mol. The molecule has 0 aliphatic carbocycles. The Hall–Kier alpha value is -0.660. The molecular weight excluding hydrogens is 348 g/mol. The fourth-order valence-electron chi connectivity index (χ4n) is 3.42. The van der Waals surface area contributed by atoms with E-state index < -0.39 is 10.0 Å². The van der Waals surface area contributed by atoms with E-state index in [0.29, 0.717) is 30.8 Å². The molecule has 1 fully saturated rings. The number of nitrogens with zero attached hydrogens (tertiary/aromatic N) is 1. The lowest BCUT2D eigenvalue weighted by Crippen LogP contribution is -2.51. The minimum Gasteiger partial charge on any atom is -0.381 e. The van der Waals surface area contributed by atoms with Gasteiger partial charge in [-0.15, -0.1) is 12.4 Å². The number of nitrogens with two attached hydrogens (primary N) is 1. The molecular formula is C17H29ClN2O3S. The van der Waals surface area contributed by atoms with E-state index in [0.717, 1.165) is 22.3 Å². The van der Waals surface area contributed by atoms with Crippen LogP contribution in [0.1, 0.15) is 35.1 Å². The zero-order valence-corrected chi connectivity index (χ0v) is 16.8. The number of sulfonamides is 1. The Morgan fingerprint density at radius 1 is 1.21 bits per heavy atom. The van der Waals surface area contributed by atoms with Gasteiger partial charge in [0, 0.05) is 26.2 Å². The van der Waals surface area contributed by atoms with Crippen LogP contribution in [0.5, 0.6) is 0 Å². The van der Waals surface area contributed by atoms with Gasteiger partial charge in [0.15, 0.2) is 0 Å². The van der Waals surface area contributed by atoms with Crippen LogP contribution in [0.25, 0.3) is 0 Å². The molecule has 1 aliphatic heterocycles. The van der Waals surface area contributed by atoms with Crippen molar-refractivity contribution >= 4 is 22.4 Å². The van der Waals surface area contributed by atoms with Gasteiger partial charge in [-0.05, 0) is 62.8 Å². The summed E-state index contributed by atoms with van der Waals surface area (Å²) in [5.74, 6) is 0. The minimum atomic E-state index is -3.56. The Balaban J connectivity index is 0.00000288. The molecule has 2 unspecified atom stereocenters. The number of aryl methyl sites for hydroxylation is 2. The van der Waals surface area contributed by atoms with Gasteiger partial charge >= 0.3 is 0 Å². The number of piperidine rings is 1. The predicted molar refractivity (Wildman–Crippen MR) is 99.4 cm³/mol. The summed E-state index contributed by atoms with van der Waals surface area (Å²) in [5.41, 5.74) is 9.53. The Labute approximate surface area is 152 Å². The van der Waals surface area contributed by atoms with Gasteiger partial charge in [-0.2, -0.15) is 4.31 Å². The minimum absolute atomic E-state index is 0. The number of halogens is 1. The number of hydrogen-bond acceptors (Lipinski definition) is 4. The third kappa shape index (κ3) is 3.78. The molecule has 1 aromatic rings. The summed E-state index contributed by atoms with van der Waals surface area (Å²) in [6.07, 6.45) is 1.43. The molecule has 1 aliphatic rings. The Bertz CT molecular complexity index is 665. The third-order valence-electron chi connectivity index (χ3n) is 5.08. The van der Waals surface area contributed by atoms with Crippen molar-refractivity contribution in [3.63, 3.8) is 0 Å². The highest BCUT2D eigenvalue weighted by Crippen LogP contribution is 2.32. The molecule has 2 atom stereocenters. The lowest BCUT2D eigenvalue weighted by Gasteiger charge is -2.38. The molecule has 1 aromatic carbocycles. The summed E-state index contributed by atoms with van der Waals surface area (Å²) in [4.78, 5) is 0.448. The van der Waals surface area contributed by atoms with Crippen molar-refractivity contribution in [1.29, 1.82) is 0 Å². The second-order valence-corrected chi connectivity index (χ2v) is 8.30. The lowest BCUT2D eigenvalue weighted by molar-refractivity contribution is 0.0401. The maximum atomic E-state index is 13.3. The summed E-state index contributed by atoms with van der Waals surface area (Å²) in [7, 11) is -1.90. The van der Waals surface area contributed by atoms with Gasteiger partial charge in [0.2, 0.25) is 10.0 Å². The summed E-state index contributed by atoms with van der Waals surface area (Å²) < 4.78 is 33.6. The van der Waals surface area contributed by atoms with E-state index in [1.54, 1.807) is 11.4 Å². The van der Waals surface area contributed by atoms with Gasteiger partial charge in [0.25, 0.3) is 0 Å².